The molecule has 0 saturated heterocycles. The second kappa shape index (κ2) is 41.4. The molecule has 0 bridgehead atoms. The maximum atomic E-state index is 12.3. The maximum absolute atomic E-state index is 12.3. The van der Waals surface area contributed by atoms with Crippen molar-refractivity contribution in [2.75, 3.05) is 13.2 Å². The fourth-order valence-electron chi connectivity index (χ4n) is 6.82. The monoisotopic (exact) mass is 722 g/mol. The molecule has 0 aromatic rings. The van der Waals surface area contributed by atoms with Crippen LogP contribution in [0.2, 0.25) is 0 Å². The summed E-state index contributed by atoms with van der Waals surface area (Å²) in [6, 6.07) is -0.575. The molecule has 0 rings (SSSR count). The van der Waals surface area contributed by atoms with E-state index in [0.717, 1.165) is 70.6 Å². The molecule has 0 saturated carbocycles. The quantitative estimate of drug-likeness (QED) is 0.0332. The SMILES string of the molecule is CCCCCCCCCCCCCCCCCCC(=O)OCCCCCC/C=C\CCCC(=O)NC(CO)C(O)CCCCCCCCCCC. The summed E-state index contributed by atoms with van der Waals surface area (Å²) in [5.41, 5.74) is 0. The van der Waals surface area contributed by atoms with Gasteiger partial charge in [-0.25, -0.2) is 0 Å². The van der Waals surface area contributed by atoms with Gasteiger partial charge in [-0.2, -0.15) is 0 Å². The Balaban J connectivity index is 3.50. The minimum absolute atomic E-state index is 0.0332. The lowest BCUT2D eigenvalue weighted by atomic mass is 10.0. The molecule has 302 valence electrons. The van der Waals surface area contributed by atoms with Crippen molar-refractivity contribution in [3.8, 4) is 0 Å². The van der Waals surface area contributed by atoms with Gasteiger partial charge in [0.1, 0.15) is 0 Å². The maximum Gasteiger partial charge on any atom is 0.305 e. The van der Waals surface area contributed by atoms with E-state index in [1.165, 1.54) is 135 Å². The van der Waals surface area contributed by atoms with E-state index >= 15 is 0 Å². The van der Waals surface area contributed by atoms with Crippen LogP contribution in [0.4, 0.5) is 0 Å². The Morgan fingerprint density at radius 3 is 1.43 bits per heavy atom. The van der Waals surface area contributed by atoms with Gasteiger partial charge in [-0.15, -0.1) is 0 Å². The van der Waals surface area contributed by atoms with Gasteiger partial charge >= 0.3 is 5.97 Å². The smallest absolute Gasteiger partial charge is 0.305 e. The Bertz CT molecular complexity index is 757. The number of hydrogen-bond acceptors (Lipinski definition) is 5. The molecule has 2 unspecified atom stereocenters. The summed E-state index contributed by atoms with van der Waals surface area (Å²) in [6.45, 7) is 4.83. The first kappa shape index (κ1) is 49.6. The van der Waals surface area contributed by atoms with Crippen molar-refractivity contribution in [3.05, 3.63) is 12.2 Å². The fraction of sp³-hybridized carbons (Fsp3) is 0.911. The predicted octanol–water partition coefficient (Wildman–Crippen LogP) is 12.6. The largest absolute Gasteiger partial charge is 0.466 e. The first-order valence-corrected chi connectivity index (χ1v) is 22.4. The molecule has 2 atom stereocenters. The third-order valence-electron chi connectivity index (χ3n) is 10.3. The number of ether oxygens (including phenoxy) is 1. The third-order valence-corrected chi connectivity index (χ3v) is 10.3. The van der Waals surface area contributed by atoms with E-state index in [2.05, 4.69) is 31.3 Å². The van der Waals surface area contributed by atoms with E-state index in [0.29, 0.717) is 25.9 Å². The molecular formula is C45H87NO5. The van der Waals surface area contributed by atoms with Crippen molar-refractivity contribution in [2.45, 2.75) is 251 Å². The van der Waals surface area contributed by atoms with Crippen LogP contribution in [0.25, 0.3) is 0 Å². The zero-order valence-corrected chi connectivity index (χ0v) is 34.1. The zero-order valence-electron chi connectivity index (χ0n) is 34.1. The van der Waals surface area contributed by atoms with Crippen LogP contribution in [-0.2, 0) is 14.3 Å². The van der Waals surface area contributed by atoms with Crippen LogP contribution < -0.4 is 5.32 Å². The van der Waals surface area contributed by atoms with Gasteiger partial charge in [-0.05, 0) is 44.9 Å². The molecule has 3 N–H and O–H groups in total. The number of esters is 1. The first-order chi connectivity index (χ1) is 25.0. The van der Waals surface area contributed by atoms with E-state index in [4.69, 9.17) is 4.74 Å². The van der Waals surface area contributed by atoms with E-state index < -0.39 is 12.1 Å². The minimum Gasteiger partial charge on any atom is -0.466 e. The highest BCUT2D eigenvalue weighted by Gasteiger charge is 2.19. The van der Waals surface area contributed by atoms with Gasteiger partial charge in [0.2, 0.25) is 5.91 Å². The molecule has 0 fully saturated rings. The summed E-state index contributed by atoms with van der Waals surface area (Å²) in [6.07, 6.45) is 44.7. The van der Waals surface area contributed by atoms with E-state index in [9.17, 15) is 19.8 Å². The van der Waals surface area contributed by atoms with Gasteiger partial charge < -0.3 is 20.3 Å². The number of unbranched alkanes of at least 4 members (excludes halogenated alkanes) is 28. The lowest BCUT2D eigenvalue weighted by Crippen LogP contribution is -2.45. The second-order valence-electron chi connectivity index (χ2n) is 15.4. The number of aliphatic hydroxyl groups excluding tert-OH is 2. The summed E-state index contributed by atoms with van der Waals surface area (Å²) in [4.78, 5) is 24.3. The van der Waals surface area contributed by atoms with Crippen molar-refractivity contribution in [3.63, 3.8) is 0 Å². The van der Waals surface area contributed by atoms with Gasteiger partial charge in [0.05, 0.1) is 25.4 Å². The zero-order chi connectivity index (χ0) is 37.3. The van der Waals surface area contributed by atoms with Gasteiger partial charge in [-0.3, -0.25) is 9.59 Å². The lowest BCUT2D eigenvalue weighted by molar-refractivity contribution is -0.143. The summed E-state index contributed by atoms with van der Waals surface area (Å²) >= 11 is 0. The van der Waals surface area contributed by atoms with Crippen LogP contribution >= 0.6 is 0 Å². The highest BCUT2D eigenvalue weighted by atomic mass is 16.5. The van der Waals surface area contributed by atoms with Crippen molar-refractivity contribution in [1.82, 2.24) is 5.32 Å². The van der Waals surface area contributed by atoms with Crippen LogP contribution in [0.1, 0.15) is 239 Å². The summed E-state index contributed by atoms with van der Waals surface area (Å²) < 4.78 is 5.43. The van der Waals surface area contributed by atoms with Crippen molar-refractivity contribution in [1.29, 1.82) is 0 Å². The van der Waals surface area contributed by atoms with Crippen molar-refractivity contribution < 1.29 is 24.5 Å². The second-order valence-corrected chi connectivity index (χ2v) is 15.4. The molecule has 0 spiro atoms. The Morgan fingerprint density at radius 2 is 0.941 bits per heavy atom. The number of allylic oxidation sites excluding steroid dienone is 2. The van der Waals surface area contributed by atoms with Crippen LogP contribution in [0.15, 0.2) is 12.2 Å². The highest BCUT2D eigenvalue weighted by molar-refractivity contribution is 5.76. The molecule has 51 heavy (non-hydrogen) atoms. The van der Waals surface area contributed by atoms with Crippen LogP contribution in [-0.4, -0.2) is 47.4 Å². The standard InChI is InChI=1S/C45H87NO5/c1-3-5-7-9-11-13-14-15-16-17-18-19-23-27-31-35-39-45(50)51-40-36-32-28-24-20-22-26-30-34-38-44(49)46-42(41-47)43(48)37-33-29-25-21-12-10-8-6-4-2/h22,26,42-43,47-48H,3-21,23-25,27-41H2,1-2H3,(H,46,49)/b26-22-. The Morgan fingerprint density at radius 1 is 0.529 bits per heavy atom. The molecule has 0 aliphatic carbocycles. The molecule has 0 radical (unpaired) electrons. The normalized spacial score (nSPS) is 12.8. The van der Waals surface area contributed by atoms with Crippen LogP contribution in [0, 0.1) is 0 Å². The Hall–Kier alpha value is -1.40. The van der Waals surface area contributed by atoms with E-state index in [-0.39, 0.29) is 18.5 Å². The topological polar surface area (TPSA) is 95.9 Å². The molecule has 1 amide bonds. The summed E-state index contributed by atoms with van der Waals surface area (Å²) in [5.74, 6) is -0.131. The first-order valence-electron chi connectivity index (χ1n) is 22.4. The molecule has 6 nitrogen and oxygen atoms in total. The molecule has 0 heterocycles. The summed E-state index contributed by atoms with van der Waals surface area (Å²) in [7, 11) is 0. The lowest BCUT2D eigenvalue weighted by Gasteiger charge is -2.22. The van der Waals surface area contributed by atoms with E-state index in [1.807, 2.05) is 0 Å². The number of hydrogen-bond donors (Lipinski definition) is 3. The van der Waals surface area contributed by atoms with Crippen LogP contribution in [0.5, 0.6) is 0 Å². The van der Waals surface area contributed by atoms with Crippen molar-refractivity contribution in [2.24, 2.45) is 0 Å². The fourth-order valence-corrected chi connectivity index (χ4v) is 6.82. The number of nitrogens with one attached hydrogen (secondary N) is 1. The average Bonchev–Trinajstić information content (AvgIpc) is 3.13. The molecule has 0 aliphatic rings. The predicted molar refractivity (Wildman–Crippen MR) is 218 cm³/mol. The molecular weight excluding hydrogens is 634 g/mol. The van der Waals surface area contributed by atoms with Gasteiger partial charge in [-0.1, -0.05) is 193 Å². The van der Waals surface area contributed by atoms with Crippen LogP contribution in [0.3, 0.4) is 0 Å². The van der Waals surface area contributed by atoms with Gasteiger partial charge in [0.15, 0.2) is 0 Å². The average molecular weight is 722 g/mol. The number of carbonyl (C=O) groups excluding carboxylic acids is 2. The van der Waals surface area contributed by atoms with Gasteiger partial charge in [0, 0.05) is 12.8 Å². The summed E-state index contributed by atoms with van der Waals surface area (Å²) in [5, 5.41) is 22.9. The molecule has 0 aromatic heterocycles. The number of carbonyl (C=O) groups is 2. The third kappa shape index (κ3) is 38.1. The Labute approximate surface area is 317 Å². The number of rotatable bonds is 41. The minimum atomic E-state index is -0.691. The highest BCUT2D eigenvalue weighted by Crippen LogP contribution is 2.15. The Kier molecular flexibility index (Phi) is 40.2. The molecule has 0 aromatic carbocycles. The molecule has 6 heteroatoms. The number of amides is 1. The van der Waals surface area contributed by atoms with E-state index in [1.54, 1.807) is 0 Å². The number of aliphatic hydroxyl groups is 2. The molecule has 0 aliphatic heterocycles. The van der Waals surface area contributed by atoms with Crippen molar-refractivity contribution >= 4 is 11.9 Å². The van der Waals surface area contributed by atoms with Gasteiger partial charge in [0.25, 0.3) is 0 Å².